The first-order valence-electron chi connectivity index (χ1n) is 6.53. The van der Waals surface area contributed by atoms with E-state index in [1.54, 1.807) is 24.3 Å². The van der Waals surface area contributed by atoms with Gasteiger partial charge >= 0.3 is 0 Å². The lowest BCUT2D eigenvalue weighted by molar-refractivity contribution is 0.319. The SMILES string of the molecule is CCCc1ccc(/C(=N\O)c2ccc(N=O)cc2)cc1. The van der Waals surface area contributed by atoms with Crippen LogP contribution in [0.4, 0.5) is 5.69 Å². The van der Waals surface area contributed by atoms with E-state index in [9.17, 15) is 10.1 Å². The van der Waals surface area contributed by atoms with Crippen LogP contribution in [0, 0.1) is 4.91 Å². The Bertz CT molecular complexity index is 601. The number of oxime groups is 1. The summed E-state index contributed by atoms with van der Waals surface area (Å²) in [5.41, 5.74) is 3.66. The molecule has 0 aliphatic carbocycles. The number of rotatable bonds is 5. The van der Waals surface area contributed by atoms with Crippen molar-refractivity contribution in [3.05, 3.63) is 70.1 Å². The van der Waals surface area contributed by atoms with Crippen molar-refractivity contribution in [2.45, 2.75) is 19.8 Å². The van der Waals surface area contributed by atoms with Gasteiger partial charge in [0.2, 0.25) is 0 Å². The second kappa shape index (κ2) is 6.61. The van der Waals surface area contributed by atoms with E-state index in [2.05, 4.69) is 17.3 Å². The van der Waals surface area contributed by atoms with Gasteiger partial charge in [-0.2, -0.15) is 0 Å². The smallest absolute Gasteiger partial charge is 0.117 e. The topological polar surface area (TPSA) is 62.0 Å². The van der Waals surface area contributed by atoms with Crippen LogP contribution in [-0.2, 0) is 6.42 Å². The number of nitrogens with zero attached hydrogens (tertiary/aromatic N) is 2. The minimum absolute atomic E-state index is 0.351. The molecule has 0 radical (unpaired) electrons. The molecule has 0 bridgehead atoms. The summed E-state index contributed by atoms with van der Waals surface area (Å²) in [7, 11) is 0. The molecule has 102 valence electrons. The van der Waals surface area contributed by atoms with E-state index < -0.39 is 0 Å². The third kappa shape index (κ3) is 3.09. The molecule has 0 aromatic heterocycles. The Balaban J connectivity index is 2.29. The second-order valence-electron chi connectivity index (χ2n) is 4.53. The Kier molecular flexibility index (Phi) is 4.60. The summed E-state index contributed by atoms with van der Waals surface area (Å²) >= 11 is 0. The molecule has 4 nitrogen and oxygen atoms in total. The molecule has 0 aliphatic rings. The van der Waals surface area contributed by atoms with Crippen LogP contribution in [0.2, 0.25) is 0 Å². The molecule has 0 heterocycles. The molecule has 0 aliphatic heterocycles. The molecule has 0 saturated carbocycles. The summed E-state index contributed by atoms with van der Waals surface area (Å²) in [6, 6.07) is 14.6. The lowest BCUT2D eigenvalue weighted by atomic mass is 10.00. The van der Waals surface area contributed by atoms with E-state index in [1.165, 1.54) is 5.56 Å². The average molecular weight is 268 g/mol. The van der Waals surface area contributed by atoms with Gasteiger partial charge in [-0.15, -0.1) is 4.91 Å². The van der Waals surface area contributed by atoms with Crippen molar-refractivity contribution in [1.29, 1.82) is 0 Å². The highest BCUT2D eigenvalue weighted by molar-refractivity contribution is 6.12. The van der Waals surface area contributed by atoms with E-state index in [0.29, 0.717) is 11.4 Å². The summed E-state index contributed by atoms with van der Waals surface area (Å²) in [5.74, 6) is 0. The minimum Gasteiger partial charge on any atom is -0.410 e. The van der Waals surface area contributed by atoms with Crippen LogP contribution in [0.5, 0.6) is 0 Å². The number of benzene rings is 2. The Hall–Kier alpha value is -2.49. The van der Waals surface area contributed by atoms with Crippen molar-refractivity contribution in [3.63, 3.8) is 0 Å². The first-order chi connectivity index (χ1) is 9.78. The molecule has 2 rings (SSSR count). The molecule has 2 aromatic carbocycles. The monoisotopic (exact) mass is 268 g/mol. The van der Waals surface area contributed by atoms with Crippen molar-refractivity contribution in [2.24, 2.45) is 10.3 Å². The normalized spacial score (nSPS) is 11.3. The van der Waals surface area contributed by atoms with Gasteiger partial charge in [0.15, 0.2) is 0 Å². The molecular weight excluding hydrogens is 252 g/mol. The fraction of sp³-hybridized carbons (Fsp3) is 0.188. The fourth-order valence-electron chi connectivity index (χ4n) is 2.08. The number of aryl methyl sites for hydroxylation is 1. The molecular formula is C16H16N2O2. The summed E-state index contributed by atoms with van der Waals surface area (Å²) in [6.45, 7) is 2.14. The molecule has 20 heavy (non-hydrogen) atoms. The average Bonchev–Trinajstić information content (AvgIpc) is 2.51. The van der Waals surface area contributed by atoms with Crippen molar-refractivity contribution in [1.82, 2.24) is 0 Å². The molecule has 0 amide bonds. The van der Waals surface area contributed by atoms with Gasteiger partial charge in [0.05, 0.1) is 0 Å². The standard InChI is InChI=1S/C16H16N2O2/c1-2-3-12-4-6-13(7-5-12)16(18-20)14-8-10-15(17-19)11-9-14/h4-11,20H,2-3H2,1H3/b18-16+. The van der Waals surface area contributed by atoms with Crippen molar-refractivity contribution in [3.8, 4) is 0 Å². The largest absolute Gasteiger partial charge is 0.410 e. The zero-order valence-electron chi connectivity index (χ0n) is 11.3. The lowest BCUT2D eigenvalue weighted by Crippen LogP contribution is -2.03. The minimum atomic E-state index is 0.351. The van der Waals surface area contributed by atoms with Crippen molar-refractivity contribution in [2.75, 3.05) is 0 Å². The van der Waals surface area contributed by atoms with E-state index in [0.717, 1.165) is 24.0 Å². The summed E-state index contributed by atoms with van der Waals surface area (Å²) < 4.78 is 0. The Labute approximate surface area is 117 Å². The van der Waals surface area contributed by atoms with Crippen LogP contribution >= 0.6 is 0 Å². The van der Waals surface area contributed by atoms with E-state index in [-0.39, 0.29) is 0 Å². The van der Waals surface area contributed by atoms with Gasteiger partial charge in [-0.3, -0.25) is 0 Å². The highest BCUT2D eigenvalue weighted by Crippen LogP contribution is 2.17. The number of hydrogen-bond donors (Lipinski definition) is 1. The number of nitroso groups, excluding NO2 is 1. The van der Waals surface area contributed by atoms with Crippen LogP contribution in [0.15, 0.2) is 58.9 Å². The molecule has 1 N–H and O–H groups in total. The zero-order chi connectivity index (χ0) is 14.4. The van der Waals surface area contributed by atoms with Gasteiger partial charge in [0.25, 0.3) is 0 Å². The molecule has 2 aromatic rings. The second-order valence-corrected chi connectivity index (χ2v) is 4.53. The molecule has 4 heteroatoms. The summed E-state index contributed by atoms with van der Waals surface area (Å²) in [4.78, 5) is 10.4. The van der Waals surface area contributed by atoms with E-state index in [1.807, 2.05) is 24.3 Å². The van der Waals surface area contributed by atoms with Crippen molar-refractivity contribution >= 4 is 11.4 Å². The summed E-state index contributed by atoms with van der Waals surface area (Å²) in [5, 5.41) is 15.5. The molecule has 0 spiro atoms. The predicted molar refractivity (Wildman–Crippen MR) is 79.8 cm³/mol. The predicted octanol–water partition coefficient (Wildman–Crippen LogP) is 4.26. The third-order valence-electron chi connectivity index (χ3n) is 3.11. The third-order valence-corrected chi connectivity index (χ3v) is 3.11. The Morgan fingerprint density at radius 3 is 2.00 bits per heavy atom. The quantitative estimate of drug-likeness (QED) is 0.381. The van der Waals surface area contributed by atoms with E-state index >= 15 is 0 Å². The molecule has 0 fully saturated rings. The van der Waals surface area contributed by atoms with Gasteiger partial charge in [-0.05, 0) is 29.3 Å². The van der Waals surface area contributed by atoms with Gasteiger partial charge in [-0.1, -0.05) is 54.9 Å². The zero-order valence-corrected chi connectivity index (χ0v) is 11.3. The van der Waals surface area contributed by atoms with Crippen molar-refractivity contribution < 1.29 is 5.21 Å². The maximum absolute atomic E-state index is 10.4. The Morgan fingerprint density at radius 1 is 1.00 bits per heavy atom. The molecule has 0 unspecified atom stereocenters. The van der Waals surface area contributed by atoms with Gasteiger partial charge in [-0.25, -0.2) is 0 Å². The van der Waals surface area contributed by atoms with Gasteiger partial charge < -0.3 is 5.21 Å². The van der Waals surface area contributed by atoms with Crippen LogP contribution in [0.1, 0.15) is 30.0 Å². The fourth-order valence-corrected chi connectivity index (χ4v) is 2.08. The highest BCUT2D eigenvalue weighted by Gasteiger charge is 2.08. The molecule has 0 saturated heterocycles. The van der Waals surface area contributed by atoms with E-state index in [4.69, 9.17) is 0 Å². The van der Waals surface area contributed by atoms with Crippen LogP contribution in [-0.4, -0.2) is 10.9 Å². The first kappa shape index (κ1) is 13.9. The Morgan fingerprint density at radius 2 is 1.55 bits per heavy atom. The van der Waals surface area contributed by atoms with Crippen LogP contribution in [0.25, 0.3) is 0 Å². The summed E-state index contributed by atoms with van der Waals surface area (Å²) in [6.07, 6.45) is 2.13. The lowest BCUT2D eigenvalue weighted by Gasteiger charge is -2.06. The number of hydrogen-bond acceptors (Lipinski definition) is 4. The van der Waals surface area contributed by atoms with Crippen LogP contribution in [0.3, 0.4) is 0 Å². The van der Waals surface area contributed by atoms with Gasteiger partial charge in [0, 0.05) is 11.1 Å². The van der Waals surface area contributed by atoms with Gasteiger partial charge in [0.1, 0.15) is 11.4 Å². The first-order valence-corrected chi connectivity index (χ1v) is 6.53. The molecule has 0 atom stereocenters. The maximum atomic E-state index is 10.4. The highest BCUT2D eigenvalue weighted by atomic mass is 16.4. The maximum Gasteiger partial charge on any atom is 0.117 e. The van der Waals surface area contributed by atoms with Crippen LogP contribution < -0.4 is 0 Å².